The molecule has 1 amide bonds. The van der Waals surface area contributed by atoms with E-state index in [0.717, 1.165) is 68.6 Å². The van der Waals surface area contributed by atoms with Crippen molar-refractivity contribution in [1.82, 2.24) is 4.90 Å². The minimum atomic E-state index is -1.15. The van der Waals surface area contributed by atoms with Crippen LogP contribution in [0.25, 0.3) is 10.4 Å². The fourth-order valence-corrected chi connectivity index (χ4v) is 6.77. The summed E-state index contributed by atoms with van der Waals surface area (Å²) in [6.45, 7) is 12.1. The van der Waals surface area contributed by atoms with Gasteiger partial charge in [-0.1, -0.05) is 44.2 Å². The minimum Gasteiger partial charge on any atom is -0.431 e. The Kier molecular flexibility index (Phi) is 12.7. The number of nitrogens with zero attached hydrogens (tertiary/aromatic N) is 2. The Bertz CT molecular complexity index is 1170. The predicted molar refractivity (Wildman–Crippen MR) is 168 cm³/mol. The number of ether oxygens (including phenoxy) is 3. The predicted octanol–water partition coefficient (Wildman–Crippen LogP) is 7.54. The summed E-state index contributed by atoms with van der Waals surface area (Å²) in [7, 11) is 0. The van der Waals surface area contributed by atoms with Gasteiger partial charge >= 0.3 is 12.1 Å². The second-order valence-electron chi connectivity index (χ2n) is 11.5. The van der Waals surface area contributed by atoms with Crippen molar-refractivity contribution >= 4 is 47.5 Å². The molecule has 42 heavy (non-hydrogen) atoms. The molecular formula is C32H45ClN2O6S. The van der Waals surface area contributed by atoms with Gasteiger partial charge in [0.05, 0.1) is 11.8 Å². The van der Waals surface area contributed by atoms with E-state index < -0.39 is 18.4 Å². The molecule has 8 nitrogen and oxygen atoms in total. The fraction of sp³-hybridized carbons (Fsp3) is 0.594. The van der Waals surface area contributed by atoms with E-state index in [0.29, 0.717) is 16.5 Å². The summed E-state index contributed by atoms with van der Waals surface area (Å²) in [6.07, 6.45) is 3.07. The lowest BCUT2D eigenvalue weighted by atomic mass is 9.82. The number of thiophene rings is 1. The largest absolute Gasteiger partial charge is 0.511 e. The molecule has 2 aliphatic rings. The second kappa shape index (κ2) is 15.7. The number of hydrogen-bond acceptors (Lipinski definition) is 8. The van der Waals surface area contributed by atoms with E-state index in [2.05, 4.69) is 18.7 Å². The van der Waals surface area contributed by atoms with Crippen LogP contribution in [0.2, 0.25) is 0 Å². The molecule has 0 bridgehead atoms. The van der Waals surface area contributed by atoms with Gasteiger partial charge in [-0.3, -0.25) is 4.79 Å². The first-order chi connectivity index (χ1) is 19.7. The quantitative estimate of drug-likeness (QED) is 0.211. The van der Waals surface area contributed by atoms with Gasteiger partial charge in [0.25, 0.3) is 0 Å². The second-order valence-corrected chi connectivity index (χ2v) is 12.6. The molecule has 1 saturated heterocycles. The van der Waals surface area contributed by atoms with Crippen molar-refractivity contribution in [2.75, 3.05) is 24.5 Å². The summed E-state index contributed by atoms with van der Waals surface area (Å²) < 4.78 is 15.8. The summed E-state index contributed by atoms with van der Waals surface area (Å²) in [4.78, 5) is 45.5. The number of hydrogen-bond donors (Lipinski definition) is 0. The lowest BCUT2D eigenvalue weighted by molar-refractivity contribution is -0.124. The Hall–Kier alpha value is -2.62. The molecule has 0 spiro atoms. The van der Waals surface area contributed by atoms with Crippen molar-refractivity contribution in [3.8, 4) is 10.4 Å². The Balaban J connectivity index is 0.00000484. The van der Waals surface area contributed by atoms with Crippen molar-refractivity contribution in [3.63, 3.8) is 0 Å². The number of amides is 1. The summed E-state index contributed by atoms with van der Waals surface area (Å²) >= 11 is 1.30. The van der Waals surface area contributed by atoms with Gasteiger partial charge in [0.1, 0.15) is 4.88 Å². The van der Waals surface area contributed by atoms with Gasteiger partial charge in [0.15, 0.2) is 0 Å². The molecule has 2 aromatic rings. The number of carbonyl (C=O) groups is 3. The lowest BCUT2D eigenvalue weighted by Crippen LogP contribution is -2.50. The molecule has 10 heteroatoms. The van der Waals surface area contributed by atoms with Crippen LogP contribution >= 0.6 is 23.7 Å². The molecule has 1 aliphatic heterocycles. The number of esters is 1. The average molecular weight is 621 g/mol. The van der Waals surface area contributed by atoms with Crippen LogP contribution in [0.1, 0.15) is 82.8 Å². The zero-order valence-corrected chi connectivity index (χ0v) is 27.0. The smallest absolute Gasteiger partial charge is 0.431 e. The summed E-state index contributed by atoms with van der Waals surface area (Å²) in [5, 5.41) is 0. The third kappa shape index (κ3) is 8.71. The topological polar surface area (TPSA) is 85.4 Å². The van der Waals surface area contributed by atoms with Crippen LogP contribution in [0.4, 0.5) is 10.5 Å². The summed E-state index contributed by atoms with van der Waals surface area (Å²) in [5.41, 5.74) is 1.55. The maximum absolute atomic E-state index is 14.3. The molecule has 0 N–H and O–H groups in total. The Labute approximate surface area is 260 Å². The van der Waals surface area contributed by atoms with E-state index in [1.54, 1.807) is 13.8 Å². The Morgan fingerprint density at radius 3 is 2.19 bits per heavy atom. The zero-order valence-electron chi connectivity index (χ0n) is 25.4. The van der Waals surface area contributed by atoms with Crippen molar-refractivity contribution in [2.24, 2.45) is 11.8 Å². The van der Waals surface area contributed by atoms with E-state index in [1.807, 2.05) is 41.3 Å². The van der Waals surface area contributed by atoms with Gasteiger partial charge in [-0.25, -0.2) is 9.59 Å². The molecule has 1 aliphatic carbocycles. The fourth-order valence-electron chi connectivity index (χ4n) is 5.73. The third-order valence-electron chi connectivity index (χ3n) is 8.05. The van der Waals surface area contributed by atoms with Gasteiger partial charge in [-0.15, -0.1) is 23.7 Å². The normalized spacial score (nSPS) is 20.3. The first-order valence-electron chi connectivity index (χ1n) is 15.0. The highest BCUT2D eigenvalue weighted by Gasteiger charge is 2.38. The van der Waals surface area contributed by atoms with Gasteiger partial charge in [0, 0.05) is 36.9 Å². The van der Waals surface area contributed by atoms with E-state index >= 15 is 0 Å². The van der Waals surface area contributed by atoms with Crippen molar-refractivity contribution in [3.05, 3.63) is 41.3 Å². The van der Waals surface area contributed by atoms with E-state index in [1.165, 1.54) is 18.3 Å². The number of benzene rings is 1. The first-order valence-corrected chi connectivity index (χ1v) is 15.8. The van der Waals surface area contributed by atoms with E-state index in [-0.39, 0.29) is 36.4 Å². The highest BCUT2D eigenvalue weighted by atomic mass is 35.5. The third-order valence-corrected chi connectivity index (χ3v) is 9.21. The van der Waals surface area contributed by atoms with Crippen LogP contribution in [-0.4, -0.2) is 61.0 Å². The molecule has 2 fully saturated rings. The van der Waals surface area contributed by atoms with Crippen molar-refractivity contribution in [1.29, 1.82) is 0 Å². The lowest BCUT2D eigenvalue weighted by Gasteiger charge is -2.40. The van der Waals surface area contributed by atoms with Gasteiger partial charge in [0.2, 0.25) is 12.2 Å². The molecule has 1 aromatic heterocycles. The maximum atomic E-state index is 14.3. The average Bonchev–Trinajstić information content (AvgIpc) is 3.39. The molecule has 0 radical (unpaired) electrons. The number of halogens is 1. The number of anilines is 1. The number of rotatable bonds is 9. The van der Waals surface area contributed by atoms with Gasteiger partial charge in [-0.2, -0.15) is 0 Å². The van der Waals surface area contributed by atoms with Crippen LogP contribution < -0.4 is 4.90 Å². The summed E-state index contributed by atoms with van der Waals surface area (Å²) in [5.74, 6) is 0.0363. The molecule has 4 rings (SSSR count). The van der Waals surface area contributed by atoms with Crippen LogP contribution in [0.5, 0.6) is 0 Å². The minimum absolute atomic E-state index is 0. The van der Waals surface area contributed by atoms with E-state index in [4.69, 9.17) is 14.2 Å². The van der Waals surface area contributed by atoms with Gasteiger partial charge in [-0.05, 0) is 76.5 Å². The van der Waals surface area contributed by atoms with Crippen LogP contribution in [0.3, 0.4) is 0 Å². The zero-order chi connectivity index (χ0) is 29.5. The van der Waals surface area contributed by atoms with Crippen LogP contribution in [-0.2, 0) is 19.0 Å². The van der Waals surface area contributed by atoms with Crippen molar-refractivity contribution < 1.29 is 28.6 Å². The molecule has 232 valence electrons. The van der Waals surface area contributed by atoms with E-state index in [9.17, 15) is 14.4 Å². The highest BCUT2D eigenvalue weighted by molar-refractivity contribution is 7.18. The molecule has 1 atom stereocenters. The number of carbonyl (C=O) groups excluding carboxylic acids is 3. The van der Waals surface area contributed by atoms with Crippen molar-refractivity contribution in [2.45, 2.75) is 91.6 Å². The van der Waals surface area contributed by atoms with Crippen LogP contribution in [0.15, 0.2) is 36.4 Å². The Morgan fingerprint density at radius 1 is 0.952 bits per heavy atom. The molecule has 1 aromatic carbocycles. The summed E-state index contributed by atoms with van der Waals surface area (Å²) in [6, 6.07) is 11.8. The Morgan fingerprint density at radius 2 is 1.60 bits per heavy atom. The molecular weight excluding hydrogens is 576 g/mol. The van der Waals surface area contributed by atoms with Gasteiger partial charge < -0.3 is 24.0 Å². The molecule has 2 heterocycles. The number of piperidine rings is 1. The standard InChI is InChI=1S/C32H44N2O6S.ClH/c1-6-33-18-16-26(17-19-33)34(30(35)25-14-12-22(4)13-15-25)27-20-28(24-10-8-7-9-11-24)41-29(27)31(36)39-23(5)40-32(37)38-21(2)3;/h7-11,20-23,25-26H,6,12-19H2,1-5H3;1H. The first kappa shape index (κ1) is 33.9. The maximum Gasteiger partial charge on any atom is 0.511 e. The molecule has 1 saturated carbocycles. The number of likely N-dealkylation sites (tertiary alicyclic amines) is 1. The molecule has 1 unspecified atom stereocenters. The highest BCUT2D eigenvalue weighted by Crippen LogP contribution is 2.41. The SMILES string of the molecule is CCN1CCC(N(C(=O)C2CCC(C)CC2)c2cc(-c3ccccc3)sc2C(=O)OC(C)OC(=O)OC(C)C)CC1.Cl. The monoisotopic (exact) mass is 620 g/mol. The van der Waals surface area contributed by atoms with Crippen LogP contribution in [0, 0.1) is 11.8 Å².